The molecule has 0 aliphatic carbocycles. The fourth-order valence-corrected chi connectivity index (χ4v) is 1.14. The minimum absolute atomic E-state index is 1.00. The Kier molecular flexibility index (Phi) is 2.88. The van der Waals surface area contributed by atoms with Crippen molar-refractivity contribution < 1.29 is 4.42 Å². The lowest BCUT2D eigenvalue weighted by molar-refractivity contribution is 0.613. The van der Waals surface area contributed by atoms with Crippen molar-refractivity contribution in [3.05, 3.63) is 36.1 Å². The number of nitrogens with two attached hydrogens (primary N) is 1. The minimum Gasteiger partial charge on any atom is -0.464 e. The zero-order valence-corrected chi connectivity index (χ0v) is 7.37. The molecule has 2 heteroatoms. The summed E-state index contributed by atoms with van der Waals surface area (Å²) in [6, 6.07) is 8.10. The topological polar surface area (TPSA) is 39.2 Å². The number of hydrogen-bond acceptors (Lipinski definition) is 2. The zero-order chi connectivity index (χ0) is 8.97. The van der Waals surface area contributed by atoms with E-state index >= 15 is 0 Å². The van der Waals surface area contributed by atoms with Gasteiger partial charge in [0.2, 0.25) is 0 Å². The van der Waals surface area contributed by atoms with Crippen LogP contribution in [0.4, 0.5) is 0 Å². The van der Waals surface area contributed by atoms with Gasteiger partial charge in [0.15, 0.2) is 0 Å². The molecule has 2 aromatic rings. The second kappa shape index (κ2) is 3.93. The molecule has 2 N–H and O–H groups in total. The maximum Gasteiger partial charge on any atom is 0.136 e. The number of rotatable bonds is 0. The Bertz CT molecular complexity index is 351. The van der Waals surface area contributed by atoms with Crippen LogP contribution >= 0.6 is 0 Å². The molecule has 0 fully saturated rings. The van der Waals surface area contributed by atoms with E-state index in [1.165, 1.54) is 18.0 Å². The zero-order valence-electron chi connectivity index (χ0n) is 7.37. The summed E-state index contributed by atoms with van der Waals surface area (Å²) in [5, 5.41) is 1.18. The maximum atomic E-state index is 5.25. The van der Waals surface area contributed by atoms with E-state index in [0.717, 1.165) is 5.58 Å². The molecule has 12 heavy (non-hydrogen) atoms. The van der Waals surface area contributed by atoms with Gasteiger partial charge >= 0.3 is 0 Å². The molecule has 0 atom stereocenters. The van der Waals surface area contributed by atoms with Crippen LogP contribution in [-0.2, 0) is 0 Å². The number of benzene rings is 1. The van der Waals surface area contributed by atoms with Crippen LogP contribution in [0.3, 0.4) is 0 Å². The summed E-state index contributed by atoms with van der Waals surface area (Å²) in [5.74, 6) is 0. The van der Waals surface area contributed by atoms with Gasteiger partial charge in [-0.25, -0.2) is 0 Å². The number of aryl methyl sites for hydroxylation is 1. The van der Waals surface area contributed by atoms with Crippen molar-refractivity contribution in [3.63, 3.8) is 0 Å². The van der Waals surface area contributed by atoms with Gasteiger partial charge in [0.1, 0.15) is 5.58 Å². The van der Waals surface area contributed by atoms with Crippen LogP contribution < -0.4 is 5.73 Å². The molecule has 0 saturated carbocycles. The van der Waals surface area contributed by atoms with Crippen molar-refractivity contribution in [2.24, 2.45) is 5.73 Å². The Balaban J connectivity index is 0.000000336. The lowest BCUT2D eigenvalue weighted by atomic mass is 10.2. The standard InChI is InChI=1S/C9H8O.CH5N/c1-7-3-2-4-8-5-6-10-9(7)8;1-2/h2-6H,1H3;2H2,1H3. The molecule has 0 aliphatic heterocycles. The lowest BCUT2D eigenvalue weighted by Crippen LogP contribution is -1.69. The quantitative estimate of drug-likeness (QED) is 0.647. The van der Waals surface area contributed by atoms with Crippen LogP contribution in [0.1, 0.15) is 5.56 Å². The second-order valence-electron chi connectivity index (χ2n) is 2.41. The van der Waals surface area contributed by atoms with E-state index in [1.54, 1.807) is 6.26 Å². The highest BCUT2D eigenvalue weighted by Gasteiger charge is 1.96. The van der Waals surface area contributed by atoms with Crippen molar-refractivity contribution in [3.8, 4) is 0 Å². The smallest absolute Gasteiger partial charge is 0.136 e. The SMILES string of the molecule is CN.Cc1cccc2ccoc12. The molecule has 1 heterocycles. The van der Waals surface area contributed by atoms with Gasteiger partial charge in [-0.3, -0.25) is 0 Å². The largest absolute Gasteiger partial charge is 0.464 e. The van der Waals surface area contributed by atoms with Crippen LogP contribution in [-0.4, -0.2) is 7.05 Å². The molecule has 0 bridgehead atoms. The van der Waals surface area contributed by atoms with Crippen molar-refractivity contribution in [2.75, 3.05) is 7.05 Å². The van der Waals surface area contributed by atoms with Gasteiger partial charge in [-0.15, -0.1) is 0 Å². The van der Waals surface area contributed by atoms with Gasteiger partial charge < -0.3 is 10.2 Å². The Morgan fingerprint density at radius 3 is 2.58 bits per heavy atom. The first-order chi connectivity index (χ1) is 5.88. The van der Waals surface area contributed by atoms with Crippen LogP contribution in [0.2, 0.25) is 0 Å². The Morgan fingerprint density at radius 1 is 1.17 bits per heavy atom. The van der Waals surface area contributed by atoms with Gasteiger partial charge in [-0.1, -0.05) is 18.2 Å². The summed E-state index contributed by atoms with van der Waals surface area (Å²) in [4.78, 5) is 0. The van der Waals surface area contributed by atoms with Crippen LogP contribution in [0.5, 0.6) is 0 Å². The van der Waals surface area contributed by atoms with E-state index in [9.17, 15) is 0 Å². The van der Waals surface area contributed by atoms with E-state index in [4.69, 9.17) is 4.42 Å². The van der Waals surface area contributed by atoms with Crippen molar-refractivity contribution in [2.45, 2.75) is 6.92 Å². The molecule has 64 valence electrons. The van der Waals surface area contributed by atoms with Gasteiger partial charge in [0.25, 0.3) is 0 Å². The fraction of sp³-hybridized carbons (Fsp3) is 0.200. The van der Waals surface area contributed by atoms with E-state index in [-0.39, 0.29) is 0 Å². The molecule has 0 radical (unpaired) electrons. The molecule has 1 aromatic heterocycles. The van der Waals surface area contributed by atoms with Crippen molar-refractivity contribution >= 4 is 11.0 Å². The van der Waals surface area contributed by atoms with Crippen molar-refractivity contribution in [1.29, 1.82) is 0 Å². The predicted octanol–water partition coefficient (Wildman–Crippen LogP) is 2.32. The van der Waals surface area contributed by atoms with Gasteiger partial charge in [0.05, 0.1) is 6.26 Å². The summed E-state index contributed by atoms with van der Waals surface area (Å²) in [5.41, 5.74) is 6.70. The molecule has 0 unspecified atom stereocenters. The number of fused-ring (bicyclic) bond motifs is 1. The highest BCUT2D eigenvalue weighted by atomic mass is 16.3. The Hall–Kier alpha value is -1.28. The third-order valence-electron chi connectivity index (χ3n) is 1.68. The first kappa shape index (κ1) is 8.81. The molecule has 2 nitrogen and oxygen atoms in total. The maximum absolute atomic E-state index is 5.25. The fourth-order valence-electron chi connectivity index (χ4n) is 1.14. The summed E-state index contributed by atoms with van der Waals surface area (Å²) in [7, 11) is 1.50. The second-order valence-corrected chi connectivity index (χ2v) is 2.41. The van der Waals surface area contributed by atoms with Gasteiger partial charge in [-0.2, -0.15) is 0 Å². The van der Waals surface area contributed by atoms with E-state index < -0.39 is 0 Å². The lowest BCUT2D eigenvalue weighted by Gasteiger charge is -1.90. The van der Waals surface area contributed by atoms with Crippen LogP contribution in [0.15, 0.2) is 34.9 Å². The molecule has 1 aromatic carbocycles. The van der Waals surface area contributed by atoms with E-state index in [2.05, 4.69) is 5.73 Å². The van der Waals surface area contributed by atoms with Gasteiger partial charge in [-0.05, 0) is 25.6 Å². The first-order valence-corrected chi connectivity index (χ1v) is 3.88. The average molecular weight is 163 g/mol. The third kappa shape index (κ3) is 1.48. The van der Waals surface area contributed by atoms with Crippen LogP contribution in [0.25, 0.3) is 11.0 Å². The molecule has 0 saturated heterocycles. The highest BCUT2D eigenvalue weighted by Crippen LogP contribution is 2.18. The van der Waals surface area contributed by atoms with E-state index in [1.807, 2.05) is 31.2 Å². The number of para-hydroxylation sites is 1. The highest BCUT2D eigenvalue weighted by molar-refractivity contribution is 5.79. The Morgan fingerprint density at radius 2 is 1.92 bits per heavy atom. The molecule has 0 spiro atoms. The summed E-state index contributed by atoms with van der Waals surface area (Å²) < 4.78 is 5.25. The molecule has 2 rings (SSSR count). The Labute approximate surface area is 72.0 Å². The van der Waals surface area contributed by atoms with Crippen LogP contribution in [0, 0.1) is 6.92 Å². The predicted molar refractivity (Wildman–Crippen MR) is 51.1 cm³/mol. The molecular formula is C10H13NO. The summed E-state index contributed by atoms with van der Waals surface area (Å²) in [6.07, 6.45) is 1.72. The average Bonchev–Trinajstić information content (AvgIpc) is 2.57. The number of hydrogen-bond donors (Lipinski definition) is 1. The monoisotopic (exact) mass is 163 g/mol. The van der Waals surface area contributed by atoms with Crippen molar-refractivity contribution in [1.82, 2.24) is 0 Å². The number of furan rings is 1. The minimum atomic E-state index is 1.00. The molecule has 0 aliphatic rings. The van der Waals surface area contributed by atoms with E-state index in [0.29, 0.717) is 0 Å². The summed E-state index contributed by atoms with van der Waals surface area (Å²) >= 11 is 0. The van der Waals surface area contributed by atoms with Gasteiger partial charge in [0, 0.05) is 5.39 Å². The third-order valence-corrected chi connectivity index (χ3v) is 1.68. The first-order valence-electron chi connectivity index (χ1n) is 3.88. The summed E-state index contributed by atoms with van der Waals surface area (Å²) in [6.45, 7) is 2.05. The normalized spacial score (nSPS) is 9.25. The molecular weight excluding hydrogens is 150 g/mol. The molecule has 0 amide bonds.